The first-order valence-electron chi connectivity index (χ1n) is 14.1. The van der Waals surface area contributed by atoms with E-state index in [9.17, 15) is 4.79 Å². The number of aryl methyl sites for hydroxylation is 4. The van der Waals surface area contributed by atoms with E-state index < -0.39 is 0 Å². The largest absolute Gasteiger partial charge is 1.00 e. The fourth-order valence-corrected chi connectivity index (χ4v) is 7.40. The molecule has 2 heterocycles. The van der Waals surface area contributed by atoms with Gasteiger partial charge in [-0.25, -0.2) is 4.98 Å². The number of halogens is 2. The van der Waals surface area contributed by atoms with Gasteiger partial charge in [-0.1, -0.05) is 86.3 Å². The van der Waals surface area contributed by atoms with E-state index in [-0.39, 0.29) is 22.5 Å². The molecular weight excluding hydrogens is 662 g/mol. The lowest BCUT2D eigenvalue weighted by Crippen LogP contribution is -3.00. The van der Waals surface area contributed by atoms with Crippen LogP contribution in [-0.2, 0) is 23.6 Å². The maximum Gasteiger partial charge on any atom is 0.262 e. The van der Waals surface area contributed by atoms with Crippen LogP contribution < -0.4 is 22.5 Å². The number of fused-ring (bicyclic) bond motifs is 1. The number of hydrogen-bond donors (Lipinski definition) is 0. The van der Waals surface area contributed by atoms with Crippen LogP contribution in [0.25, 0.3) is 10.9 Å². The molecule has 0 atom stereocenters. The molecule has 8 heteroatoms. The van der Waals surface area contributed by atoms with Crippen LogP contribution in [0.4, 0.5) is 0 Å². The van der Waals surface area contributed by atoms with Crippen LogP contribution in [0.3, 0.4) is 0 Å². The average Bonchev–Trinajstić information content (AvgIpc) is 2.89. The van der Waals surface area contributed by atoms with E-state index >= 15 is 0 Å². The monoisotopic (exact) mass is 699 g/mol. The first-order chi connectivity index (χ1) is 19.2. The summed E-state index contributed by atoms with van der Waals surface area (Å²) in [4.78, 5) is 18.8. The number of aromatic nitrogens is 2. The summed E-state index contributed by atoms with van der Waals surface area (Å²) in [6.45, 7) is 14.8. The van der Waals surface area contributed by atoms with Gasteiger partial charge in [0.05, 0.1) is 30.7 Å². The second-order valence-corrected chi connectivity index (χ2v) is 13.3. The van der Waals surface area contributed by atoms with Gasteiger partial charge in [0.1, 0.15) is 19.6 Å². The second kappa shape index (κ2) is 14.0. The molecule has 4 aromatic rings. The Hall–Kier alpha value is -1.97. The molecule has 0 saturated carbocycles. The average molecular weight is 702 g/mol. The van der Waals surface area contributed by atoms with E-state index in [1.54, 1.807) is 11.8 Å². The van der Waals surface area contributed by atoms with E-state index in [0.717, 1.165) is 71.2 Å². The Bertz CT molecular complexity index is 1540. The molecule has 1 aliphatic rings. The smallest absolute Gasteiger partial charge is 0.262 e. The maximum atomic E-state index is 13.8. The third kappa shape index (κ3) is 8.11. The standard InChI is InChI=1S/C33H39BrN3O2S.BrH/c1-23-14-24(2)17-27(16-23)21-37(10-12-39-13-11-37)9-5-8-36-32(38)30-20-29(34)6-7-31(30)35-33(36)40-22-28-18-25(3)15-26(4)19-28;/h6-7,14-20H,5,8-13,21-22H2,1-4H3;1H/q+1;/p-1. The summed E-state index contributed by atoms with van der Waals surface area (Å²) in [5.41, 5.74) is 8.57. The van der Waals surface area contributed by atoms with Crippen molar-refractivity contribution in [1.82, 2.24) is 9.55 Å². The molecule has 1 aliphatic heterocycles. The van der Waals surface area contributed by atoms with Crippen LogP contribution in [0.15, 0.2) is 69.0 Å². The molecule has 0 unspecified atom stereocenters. The predicted molar refractivity (Wildman–Crippen MR) is 169 cm³/mol. The highest BCUT2D eigenvalue weighted by Crippen LogP contribution is 2.26. The highest BCUT2D eigenvalue weighted by Gasteiger charge is 2.30. The van der Waals surface area contributed by atoms with Gasteiger partial charge >= 0.3 is 0 Å². The van der Waals surface area contributed by atoms with E-state index in [0.29, 0.717) is 11.9 Å². The van der Waals surface area contributed by atoms with Crippen molar-refractivity contribution in [2.45, 2.75) is 58.1 Å². The van der Waals surface area contributed by atoms with Crippen LogP contribution in [0, 0.1) is 27.7 Å². The summed E-state index contributed by atoms with van der Waals surface area (Å²) in [6, 6.07) is 19.3. The van der Waals surface area contributed by atoms with Gasteiger partial charge in [0.2, 0.25) is 0 Å². The molecule has 0 amide bonds. The molecule has 3 aromatic carbocycles. The molecule has 0 aliphatic carbocycles. The lowest BCUT2D eigenvalue weighted by Gasteiger charge is -2.41. The molecule has 5 nitrogen and oxygen atoms in total. The molecule has 0 radical (unpaired) electrons. The van der Waals surface area contributed by atoms with Crippen molar-refractivity contribution in [2.24, 2.45) is 0 Å². The highest BCUT2D eigenvalue weighted by molar-refractivity contribution is 9.10. The Morgan fingerprint density at radius 1 is 0.902 bits per heavy atom. The highest BCUT2D eigenvalue weighted by atomic mass is 79.9. The van der Waals surface area contributed by atoms with E-state index in [1.807, 2.05) is 22.8 Å². The number of ether oxygens (including phenoxy) is 1. The molecule has 0 N–H and O–H groups in total. The maximum absolute atomic E-state index is 13.8. The second-order valence-electron chi connectivity index (χ2n) is 11.4. The Kier molecular flexibility index (Phi) is 10.9. The molecule has 1 aromatic heterocycles. The Balaban J connectivity index is 0.00000387. The lowest BCUT2D eigenvalue weighted by atomic mass is 10.1. The van der Waals surface area contributed by atoms with Crippen molar-refractivity contribution < 1.29 is 26.2 Å². The number of thioether (sulfide) groups is 1. The third-order valence-electron chi connectivity index (χ3n) is 7.76. The van der Waals surface area contributed by atoms with Crippen molar-refractivity contribution in [3.05, 3.63) is 103 Å². The first kappa shape index (κ1) is 32.0. The minimum Gasteiger partial charge on any atom is -1.00 e. The zero-order valence-corrected chi connectivity index (χ0v) is 28.4. The minimum absolute atomic E-state index is 0. The number of rotatable bonds is 9. The summed E-state index contributed by atoms with van der Waals surface area (Å²) in [5.74, 6) is 0.779. The van der Waals surface area contributed by atoms with Gasteiger partial charge in [0.25, 0.3) is 5.56 Å². The number of nitrogens with zero attached hydrogens (tertiary/aromatic N) is 3. The topological polar surface area (TPSA) is 44.1 Å². The van der Waals surface area contributed by atoms with E-state index in [4.69, 9.17) is 9.72 Å². The molecule has 0 spiro atoms. The van der Waals surface area contributed by atoms with Crippen molar-refractivity contribution in [3.63, 3.8) is 0 Å². The molecule has 218 valence electrons. The summed E-state index contributed by atoms with van der Waals surface area (Å²) in [5, 5.41) is 1.46. The van der Waals surface area contributed by atoms with Gasteiger partial charge in [-0.05, 0) is 51.5 Å². The molecule has 5 rings (SSSR count). The van der Waals surface area contributed by atoms with Gasteiger partial charge in [0.15, 0.2) is 5.16 Å². The van der Waals surface area contributed by atoms with Crippen LogP contribution >= 0.6 is 27.7 Å². The van der Waals surface area contributed by atoms with Crippen LogP contribution in [0.1, 0.15) is 39.8 Å². The molecule has 0 bridgehead atoms. The fourth-order valence-electron chi connectivity index (χ4n) is 6.08. The van der Waals surface area contributed by atoms with Gasteiger partial charge in [-0.2, -0.15) is 0 Å². The van der Waals surface area contributed by atoms with E-state index in [1.165, 1.54) is 33.4 Å². The normalized spacial score (nSPS) is 14.7. The quantitative estimate of drug-likeness (QED) is 0.150. The summed E-state index contributed by atoms with van der Waals surface area (Å²) >= 11 is 5.20. The van der Waals surface area contributed by atoms with Gasteiger partial charge in [-0.15, -0.1) is 0 Å². The molecule has 1 saturated heterocycles. The van der Waals surface area contributed by atoms with Crippen molar-refractivity contribution in [1.29, 1.82) is 0 Å². The van der Waals surface area contributed by atoms with Crippen molar-refractivity contribution in [2.75, 3.05) is 32.8 Å². The van der Waals surface area contributed by atoms with Crippen LogP contribution in [-0.4, -0.2) is 46.9 Å². The van der Waals surface area contributed by atoms with Gasteiger partial charge in [0, 0.05) is 28.8 Å². The van der Waals surface area contributed by atoms with Crippen molar-refractivity contribution in [3.8, 4) is 0 Å². The fraction of sp³-hybridized carbons (Fsp3) is 0.394. The Morgan fingerprint density at radius 3 is 2.15 bits per heavy atom. The summed E-state index contributed by atoms with van der Waals surface area (Å²) in [7, 11) is 0. The minimum atomic E-state index is 0. The zero-order valence-electron chi connectivity index (χ0n) is 24.4. The number of benzene rings is 3. The lowest BCUT2D eigenvalue weighted by molar-refractivity contribution is -0.947. The van der Waals surface area contributed by atoms with Gasteiger partial charge < -0.3 is 26.2 Å². The molecular formula is C33H39Br2N3O2S. The first-order valence-corrected chi connectivity index (χ1v) is 15.9. The van der Waals surface area contributed by atoms with Gasteiger partial charge in [-0.3, -0.25) is 9.36 Å². The Morgan fingerprint density at radius 2 is 1.51 bits per heavy atom. The van der Waals surface area contributed by atoms with Crippen LogP contribution in [0.5, 0.6) is 0 Å². The number of quaternary nitrogens is 1. The summed E-state index contributed by atoms with van der Waals surface area (Å²) < 4.78 is 9.58. The van der Waals surface area contributed by atoms with Crippen LogP contribution in [0.2, 0.25) is 0 Å². The predicted octanol–water partition coefficient (Wildman–Crippen LogP) is 4.13. The van der Waals surface area contributed by atoms with E-state index in [2.05, 4.69) is 80.0 Å². The Labute approximate surface area is 266 Å². The number of hydrogen-bond acceptors (Lipinski definition) is 4. The number of morpholine rings is 1. The SMILES string of the molecule is Cc1cc(C)cc(CSc2nc3ccc(Br)cc3c(=O)n2CCC[N+]2(Cc3cc(C)cc(C)c3)CCOCC2)c1.[Br-]. The third-order valence-corrected chi connectivity index (χ3v) is 9.30. The van der Waals surface area contributed by atoms with Crippen molar-refractivity contribution >= 4 is 38.6 Å². The molecule has 1 fully saturated rings. The zero-order chi connectivity index (χ0) is 28.3. The molecule has 41 heavy (non-hydrogen) atoms. The summed E-state index contributed by atoms with van der Waals surface area (Å²) in [6.07, 6.45) is 0.906.